The Morgan fingerprint density at radius 3 is 2.47 bits per heavy atom. The second-order valence-corrected chi connectivity index (χ2v) is 11.4. The highest BCUT2D eigenvalue weighted by Gasteiger charge is 2.30. The quantitative estimate of drug-likeness (QED) is 0.402. The first-order chi connectivity index (χ1) is 15.9. The summed E-state index contributed by atoms with van der Waals surface area (Å²) in [5.74, 6) is -0.790. The molecule has 0 bridgehead atoms. The molecular formula is C24H31BrClN3O4S. The second kappa shape index (κ2) is 12.6. The third-order valence-corrected chi connectivity index (χ3v) is 7.40. The van der Waals surface area contributed by atoms with E-state index in [1.54, 1.807) is 26.0 Å². The molecule has 2 aromatic carbocycles. The zero-order valence-electron chi connectivity index (χ0n) is 19.8. The molecule has 0 unspecified atom stereocenters. The lowest BCUT2D eigenvalue weighted by molar-refractivity contribution is -0.139. The van der Waals surface area contributed by atoms with E-state index in [4.69, 9.17) is 11.6 Å². The van der Waals surface area contributed by atoms with Crippen molar-refractivity contribution in [3.8, 4) is 0 Å². The standard InChI is InChI=1S/C24H31BrClN3O4S/c1-5-6-12-27-24(31)18(3)28(15-19-8-7-9-20(25)13-19)23(30)16-29(34(4,32)33)21-11-10-17(2)22(26)14-21/h7-11,13-14,18H,5-6,12,15-16H2,1-4H3,(H,27,31)/t18-/m1/s1. The van der Waals surface area contributed by atoms with E-state index in [-0.39, 0.29) is 18.1 Å². The van der Waals surface area contributed by atoms with Gasteiger partial charge in [-0.2, -0.15) is 0 Å². The van der Waals surface area contributed by atoms with E-state index in [1.165, 1.54) is 11.0 Å². The number of rotatable bonds is 11. The molecule has 34 heavy (non-hydrogen) atoms. The van der Waals surface area contributed by atoms with E-state index in [0.717, 1.165) is 39.0 Å². The summed E-state index contributed by atoms with van der Waals surface area (Å²) < 4.78 is 27.0. The van der Waals surface area contributed by atoms with Gasteiger partial charge in [0, 0.05) is 22.6 Å². The number of nitrogens with zero attached hydrogens (tertiary/aromatic N) is 2. The van der Waals surface area contributed by atoms with Crippen molar-refractivity contribution in [2.75, 3.05) is 23.7 Å². The zero-order valence-corrected chi connectivity index (χ0v) is 23.0. The lowest BCUT2D eigenvalue weighted by Crippen LogP contribution is -2.51. The highest BCUT2D eigenvalue weighted by molar-refractivity contribution is 9.10. The first-order valence-corrected chi connectivity index (χ1v) is 14.0. The van der Waals surface area contributed by atoms with Crippen molar-refractivity contribution >= 4 is 55.1 Å². The predicted octanol–water partition coefficient (Wildman–Crippen LogP) is 4.51. The summed E-state index contributed by atoms with van der Waals surface area (Å²) in [6, 6.07) is 11.4. The van der Waals surface area contributed by atoms with Crippen molar-refractivity contribution in [1.82, 2.24) is 10.2 Å². The summed E-state index contributed by atoms with van der Waals surface area (Å²) in [7, 11) is -3.80. The van der Waals surface area contributed by atoms with E-state index in [9.17, 15) is 18.0 Å². The van der Waals surface area contributed by atoms with E-state index in [1.807, 2.05) is 31.2 Å². The van der Waals surface area contributed by atoms with Gasteiger partial charge >= 0.3 is 0 Å². The van der Waals surface area contributed by atoms with Crippen LogP contribution in [0.1, 0.15) is 37.8 Å². The molecule has 1 atom stereocenters. The fourth-order valence-electron chi connectivity index (χ4n) is 3.30. The van der Waals surface area contributed by atoms with Crippen LogP contribution in [0.5, 0.6) is 0 Å². The molecule has 2 rings (SSSR count). The molecule has 0 aliphatic heterocycles. The normalized spacial score (nSPS) is 12.2. The van der Waals surface area contributed by atoms with E-state index >= 15 is 0 Å². The number of unbranched alkanes of at least 4 members (excludes halogenated alkanes) is 1. The lowest BCUT2D eigenvalue weighted by atomic mass is 10.1. The van der Waals surface area contributed by atoms with E-state index in [2.05, 4.69) is 21.2 Å². The summed E-state index contributed by atoms with van der Waals surface area (Å²) in [4.78, 5) is 27.7. The van der Waals surface area contributed by atoms with Crippen LogP contribution in [0.3, 0.4) is 0 Å². The minimum atomic E-state index is -3.80. The molecule has 2 aromatic rings. The van der Waals surface area contributed by atoms with Crippen LogP contribution >= 0.6 is 27.5 Å². The molecule has 186 valence electrons. The Hall–Kier alpha value is -2.10. The topological polar surface area (TPSA) is 86.8 Å². The minimum Gasteiger partial charge on any atom is -0.354 e. The van der Waals surface area contributed by atoms with Crippen LogP contribution in [0, 0.1) is 6.92 Å². The van der Waals surface area contributed by atoms with Gasteiger partial charge in [0.1, 0.15) is 12.6 Å². The average molecular weight is 573 g/mol. The third kappa shape index (κ3) is 7.99. The molecule has 0 heterocycles. The Kier molecular flexibility index (Phi) is 10.4. The van der Waals surface area contributed by atoms with Crippen LogP contribution in [0.2, 0.25) is 5.02 Å². The maximum atomic E-state index is 13.5. The number of sulfonamides is 1. The van der Waals surface area contributed by atoms with Gasteiger partial charge in [-0.25, -0.2) is 8.42 Å². The molecule has 10 heteroatoms. The Bertz CT molecular complexity index is 1130. The van der Waals surface area contributed by atoms with Gasteiger partial charge in [0.05, 0.1) is 11.9 Å². The summed E-state index contributed by atoms with van der Waals surface area (Å²) in [5.41, 5.74) is 1.88. The fraction of sp³-hybridized carbons (Fsp3) is 0.417. The monoisotopic (exact) mass is 571 g/mol. The Morgan fingerprint density at radius 2 is 1.88 bits per heavy atom. The van der Waals surface area contributed by atoms with Crippen molar-refractivity contribution < 1.29 is 18.0 Å². The zero-order chi connectivity index (χ0) is 25.5. The number of anilines is 1. The van der Waals surface area contributed by atoms with Crippen molar-refractivity contribution in [1.29, 1.82) is 0 Å². The van der Waals surface area contributed by atoms with Gasteiger partial charge in [0.15, 0.2) is 0 Å². The molecule has 0 aliphatic rings. The number of hydrogen-bond acceptors (Lipinski definition) is 4. The molecule has 0 fully saturated rings. The number of benzene rings is 2. The second-order valence-electron chi connectivity index (χ2n) is 8.18. The summed E-state index contributed by atoms with van der Waals surface area (Å²) in [6.07, 6.45) is 2.79. The van der Waals surface area contributed by atoms with Crippen LogP contribution in [0.4, 0.5) is 5.69 Å². The molecule has 2 amide bonds. The maximum Gasteiger partial charge on any atom is 0.244 e. The van der Waals surface area contributed by atoms with Crippen LogP contribution < -0.4 is 9.62 Å². The van der Waals surface area contributed by atoms with Crippen LogP contribution in [-0.2, 0) is 26.2 Å². The largest absolute Gasteiger partial charge is 0.354 e. The molecule has 7 nitrogen and oxygen atoms in total. The van der Waals surface area contributed by atoms with Gasteiger partial charge in [-0.1, -0.05) is 59.1 Å². The molecule has 0 saturated heterocycles. The third-order valence-electron chi connectivity index (χ3n) is 5.36. The van der Waals surface area contributed by atoms with Crippen molar-refractivity contribution in [2.24, 2.45) is 0 Å². The molecular weight excluding hydrogens is 542 g/mol. The molecule has 0 aromatic heterocycles. The summed E-state index contributed by atoms with van der Waals surface area (Å²) >= 11 is 9.63. The maximum absolute atomic E-state index is 13.5. The predicted molar refractivity (Wildman–Crippen MR) is 140 cm³/mol. The minimum absolute atomic E-state index is 0.146. The van der Waals surface area contributed by atoms with Crippen molar-refractivity contribution in [3.63, 3.8) is 0 Å². The highest BCUT2D eigenvalue weighted by Crippen LogP contribution is 2.25. The molecule has 0 saturated carbocycles. The van der Waals surface area contributed by atoms with Crippen LogP contribution in [-0.4, -0.2) is 50.5 Å². The first-order valence-electron chi connectivity index (χ1n) is 11.0. The van der Waals surface area contributed by atoms with E-state index < -0.39 is 28.5 Å². The smallest absolute Gasteiger partial charge is 0.244 e. The van der Waals surface area contributed by atoms with Gasteiger partial charge in [-0.3, -0.25) is 13.9 Å². The lowest BCUT2D eigenvalue weighted by Gasteiger charge is -2.31. The van der Waals surface area contributed by atoms with Gasteiger partial charge in [-0.05, 0) is 55.7 Å². The molecule has 0 radical (unpaired) electrons. The Balaban J connectivity index is 2.37. The number of halogens is 2. The number of aryl methyl sites for hydroxylation is 1. The Labute approximate surface area is 215 Å². The fourth-order valence-corrected chi connectivity index (χ4v) is 4.76. The molecule has 0 spiro atoms. The van der Waals surface area contributed by atoms with Gasteiger partial charge in [0.25, 0.3) is 0 Å². The van der Waals surface area contributed by atoms with Gasteiger partial charge in [0.2, 0.25) is 21.8 Å². The SMILES string of the molecule is CCCCNC(=O)[C@@H](C)N(Cc1cccc(Br)c1)C(=O)CN(c1ccc(C)c(Cl)c1)S(C)(=O)=O. The van der Waals surface area contributed by atoms with Crippen molar-refractivity contribution in [2.45, 2.75) is 46.2 Å². The molecule has 1 N–H and O–H groups in total. The first kappa shape index (κ1) is 28.1. The molecule has 0 aliphatic carbocycles. The van der Waals surface area contributed by atoms with Crippen molar-refractivity contribution in [3.05, 3.63) is 63.1 Å². The van der Waals surface area contributed by atoms with Gasteiger partial charge in [-0.15, -0.1) is 0 Å². The highest BCUT2D eigenvalue weighted by atomic mass is 79.9. The van der Waals surface area contributed by atoms with Crippen LogP contribution in [0.25, 0.3) is 0 Å². The number of hydrogen-bond donors (Lipinski definition) is 1. The van der Waals surface area contributed by atoms with E-state index in [0.29, 0.717) is 11.6 Å². The summed E-state index contributed by atoms with van der Waals surface area (Å²) in [5, 5.41) is 3.25. The van der Waals surface area contributed by atoms with Gasteiger partial charge < -0.3 is 10.2 Å². The number of carbonyl (C=O) groups excluding carboxylic acids is 2. The number of nitrogens with one attached hydrogen (secondary N) is 1. The Morgan fingerprint density at radius 1 is 1.18 bits per heavy atom. The number of carbonyl (C=O) groups is 2. The average Bonchev–Trinajstić information content (AvgIpc) is 2.76. The number of amides is 2. The van der Waals surface area contributed by atoms with Crippen LogP contribution in [0.15, 0.2) is 46.9 Å². The summed E-state index contributed by atoms with van der Waals surface area (Å²) in [6.45, 7) is 5.67.